The summed E-state index contributed by atoms with van der Waals surface area (Å²) in [5.74, 6) is 0.563. The van der Waals surface area contributed by atoms with Crippen molar-refractivity contribution in [2.45, 2.75) is 62.7 Å². The molecular formula is C68H55N. The van der Waals surface area contributed by atoms with E-state index in [0.717, 1.165) is 5.69 Å². The summed E-state index contributed by atoms with van der Waals surface area (Å²) in [5.41, 5.74) is 22.3. The van der Waals surface area contributed by atoms with E-state index in [1.165, 1.54) is 138 Å². The van der Waals surface area contributed by atoms with Crippen LogP contribution in [0.2, 0.25) is 0 Å². The smallest absolute Gasteiger partial charge is 0.0713 e. The van der Waals surface area contributed by atoms with E-state index in [1.54, 1.807) is 0 Å². The first-order chi connectivity index (χ1) is 34.0. The summed E-state index contributed by atoms with van der Waals surface area (Å²) in [6.45, 7) is 4.79. The lowest BCUT2D eigenvalue weighted by atomic mass is 9.67. The topological polar surface area (TPSA) is 3.24 Å². The Labute approximate surface area is 407 Å². The van der Waals surface area contributed by atoms with Gasteiger partial charge in [-0.3, -0.25) is 0 Å². The van der Waals surface area contributed by atoms with Gasteiger partial charge in [-0.15, -0.1) is 0 Å². The van der Waals surface area contributed by atoms with E-state index in [1.807, 2.05) is 0 Å². The van der Waals surface area contributed by atoms with Crippen molar-refractivity contribution in [1.82, 2.24) is 0 Å². The van der Waals surface area contributed by atoms with Gasteiger partial charge < -0.3 is 4.90 Å². The molecule has 0 aromatic heterocycles. The van der Waals surface area contributed by atoms with E-state index in [4.69, 9.17) is 0 Å². The van der Waals surface area contributed by atoms with E-state index < -0.39 is 5.41 Å². The summed E-state index contributed by atoms with van der Waals surface area (Å²) in [6, 6.07) is 87.2. The zero-order valence-electron chi connectivity index (χ0n) is 39.5. The second-order valence-electron chi connectivity index (χ2n) is 20.1. The van der Waals surface area contributed by atoms with Crippen molar-refractivity contribution < 1.29 is 0 Å². The fraction of sp³-hybridized carbons (Fsp3) is 0.147. The van der Waals surface area contributed by atoms with E-state index in [0.29, 0.717) is 5.92 Å². The number of anilines is 3. The molecular weight excluding hydrogens is 831 g/mol. The Bertz CT molecular complexity index is 3530. The molecule has 13 rings (SSSR count). The minimum Gasteiger partial charge on any atom is -0.309 e. The quantitative estimate of drug-likeness (QED) is 0.147. The third-order valence-electron chi connectivity index (χ3n) is 16.2. The first kappa shape index (κ1) is 41.4. The fourth-order valence-electron chi connectivity index (χ4n) is 13.1. The molecule has 1 saturated carbocycles. The molecule has 0 N–H and O–H groups in total. The van der Waals surface area contributed by atoms with Crippen molar-refractivity contribution in [3.05, 3.63) is 269 Å². The van der Waals surface area contributed by atoms with Crippen molar-refractivity contribution in [2.75, 3.05) is 4.90 Å². The SMILES string of the molecule is CC1(C)c2ccccc2-c2c(N(c3ccccc3-c3ccc4c(c3)C(c3ccccc3)(c3ccccc3)c3ccccc3-4)c3ccccc3-c3cccc4cccc(C5CCCCC5)c34)cccc21. The fourth-order valence-corrected chi connectivity index (χ4v) is 13.1. The Hall–Kier alpha value is -7.74. The lowest BCUT2D eigenvalue weighted by Crippen LogP contribution is -2.28. The van der Waals surface area contributed by atoms with Crippen LogP contribution in [0.4, 0.5) is 17.1 Å². The average Bonchev–Trinajstić information content (AvgIpc) is 3.85. The minimum absolute atomic E-state index is 0.162. The van der Waals surface area contributed by atoms with Crippen LogP contribution < -0.4 is 4.90 Å². The van der Waals surface area contributed by atoms with Crippen LogP contribution in [0.3, 0.4) is 0 Å². The first-order valence-electron chi connectivity index (χ1n) is 25.1. The van der Waals surface area contributed by atoms with Crippen molar-refractivity contribution in [3.8, 4) is 44.5 Å². The van der Waals surface area contributed by atoms with Crippen LogP contribution in [-0.2, 0) is 10.8 Å². The number of para-hydroxylation sites is 2. The van der Waals surface area contributed by atoms with E-state index in [-0.39, 0.29) is 5.41 Å². The van der Waals surface area contributed by atoms with Crippen LogP contribution in [0.25, 0.3) is 55.3 Å². The molecule has 0 bridgehead atoms. The number of benzene rings is 10. The molecule has 3 aliphatic rings. The Morgan fingerprint density at radius 1 is 0.377 bits per heavy atom. The summed E-state index contributed by atoms with van der Waals surface area (Å²) >= 11 is 0. The van der Waals surface area contributed by atoms with Gasteiger partial charge in [-0.2, -0.15) is 0 Å². The minimum atomic E-state index is -0.508. The zero-order valence-corrected chi connectivity index (χ0v) is 39.5. The molecule has 1 heteroatoms. The van der Waals surface area contributed by atoms with Gasteiger partial charge in [0.2, 0.25) is 0 Å². The van der Waals surface area contributed by atoms with E-state index >= 15 is 0 Å². The maximum Gasteiger partial charge on any atom is 0.0713 e. The third-order valence-corrected chi connectivity index (χ3v) is 16.2. The largest absolute Gasteiger partial charge is 0.309 e. The molecule has 0 radical (unpaired) electrons. The third kappa shape index (κ3) is 6.37. The second kappa shape index (κ2) is 16.5. The summed E-state index contributed by atoms with van der Waals surface area (Å²) < 4.78 is 0. The maximum atomic E-state index is 2.62. The number of nitrogens with zero attached hydrogens (tertiary/aromatic N) is 1. The number of fused-ring (bicyclic) bond motifs is 7. The van der Waals surface area contributed by atoms with Crippen LogP contribution in [0, 0.1) is 0 Å². The molecule has 0 atom stereocenters. The van der Waals surface area contributed by atoms with Crippen molar-refractivity contribution in [2.24, 2.45) is 0 Å². The predicted molar refractivity (Wildman–Crippen MR) is 290 cm³/mol. The Morgan fingerprint density at radius 2 is 0.899 bits per heavy atom. The average molecular weight is 886 g/mol. The molecule has 10 aromatic carbocycles. The monoisotopic (exact) mass is 885 g/mol. The maximum absolute atomic E-state index is 2.62. The summed E-state index contributed by atoms with van der Waals surface area (Å²) in [4.78, 5) is 2.62. The Morgan fingerprint density at radius 3 is 1.62 bits per heavy atom. The summed E-state index contributed by atoms with van der Waals surface area (Å²) in [7, 11) is 0. The van der Waals surface area contributed by atoms with Crippen LogP contribution >= 0.6 is 0 Å². The van der Waals surface area contributed by atoms with Gasteiger partial charge in [0.1, 0.15) is 0 Å². The first-order valence-corrected chi connectivity index (χ1v) is 25.1. The Balaban J connectivity index is 1.09. The van der Waals surface area contributed by atoms with Gasteiger partial charge in [0, 0.05) is 22.1 Å². The molecule has 0 aliphatic heterocycles. The summed E-state index contributed by atoms with van der Waals surface area (Å²) in [6.07, 6.45) is 6.44. The van der Waals surface area contributed by atoms with Gasteiger partial charge in [0.25, 0.3) is 0 Å². The van der Waals surface area contributed by atoms with Crippen molar-refractivity contribution >= 4 is 27.8 Å². The number of hydrogen-bond donors (Lipinski definition) is 0. The van der Waals surface area contributed by atoms with Crippen LogP contribution in [0.1, 0.15) is 90.8 Å². The van der Waals surface area contributed by atoms with Crippen molar-refractivity contribution in [1.29, 1.82) is 0 Å². The van der Waals surface area contributed by atoms with E-state index in [2.05, 4.69) is 249 Å². The van der Waals surface area contributed by atoms with Gasteiger partial charge in [-0.05, 0) is 121 Å². The highest BCUT2D eigenvalue weighted by Crippen LogP contribution is 2.59. The number of hydrogen-bond acceptors (Lipinski definition) is 1. The van der Waals surface area contributed by atoms with Gasteiger partial charge in [-0.1, -0.05) is 239 Å². The zero-order chi connectivity index (χ0) is 46.1. The predicted octanol–water partition coefficient (Wildman–Crippen LogP) is 18.4. The highest BCUT2D eigenvalue weighted by atomic mass is 15.2. The molecule has 1 fully saturated rings. The highest BCUT2D eigenvalue weighted by molar-refractivity contribution is 6.06. The molecule has 0 unspecified atom stereocenters. The standard InChI is InChI=1S/C68H55N/c1-67(2)58-37-16-13-34-57(58)66-60(67)39-22-42-64(66)69(63-41-19-15-33-55(63)56-36-21-26-47-25-20-35-52(65(47)56)46-23-6-3-7-24-46)62-40-18-14-31-51(62)48-43-44-54-53-32-12-17-38-59(53)68(61(54)45-48,49-27-8-4-9-28-49)50-29-10-5-11-30-50/h4-5,8-22,25-46H,3,6-7,23-24H2,1-2H3. The van der Waals surface area contributed by atoms with Gasteiger partial charge >= 0.3 is 0 Å². The molecule has 0 heterocycles. The normalized spacial score (nSPS) is 15.3. The summed E-state index contributed by atoms with van der Waals surface area (Å²) in [5, 5.41) is 2.71. The molecule has 69 heavy (non-hydrogen) atoms. The molecule has 10 aromatic rings. The second-order valence-corrected chi connectivity index (χ2v) is 20.1. The van der Waals surface area contributed by atoms with Crippen LogP contribution in [-0.4, -0.2) is 0 Å². The van der Waals surface area contributed by atoms with Crippen LogP contribution in [0.5, 0.6) is 0 Å². The molecule has 1 nitrogen and oxygen atoms in total. The lowest BCUT2D eigenvalue weighted by molar-refractivity contribution is 0.445. The lowest BCUT2D eigenvalue weighted by Gasteiger charge is -2.34. The molecule has 0 saturated heterocycles. The number of rotatable bonds is 8. The van der Waals surface area contributed by atoms with E-state index in [9.17, 15) is 0 Å². The van der Waals surface area contributed by atoms with Gasteiger partial charge in [0.15, 0.2) is 0 Å². The van der Waals surface area contributed by atoms with Crippen molar-refractivity contribution in [3.63, 3.8) is 0 Å². The van der Waals surface area contributed by atoms with Gasteiger partial charge in [-0.25, -0.2) is 0 Å². The molecule has 0 amide bonds. The molecule has 3 aliphatic carbocycles. The Kier molecular flexibility index (Phi) is 9.91. The van der Waals surface area contributed by atoms with Crippen LogP contribution in [0.15, 0.2) is 231 Å². The molecule has 0 spiro atoms. The molecule has 332 valence electrons. The van der Waals surface area contributed by atoms with Gasteiger partial charge in [0.05, 0.1) is 22.5 Å². The highest BCUT2D eigenvalue weighted by Gasteiger charge is 2.46.